The molecule has 0 fully saturated rings. The Morgan fingerprint density at radius 2 is 2.00 bits per heavy atom. The number of halogens is 1. The number of amides is 1. The van der Waals surface area contributed by atoms with Gasteiger partial charge in [-0.1, -0.05) is 35.1 Å². The van der Waals surface area contributed by atoms with E-state index in [9.17, 15) is 4.79 Å². The minimum Gasteiger partial charge on any atom is -0.365 e. The second-order valence-electron chi connectivity index (χ2n) is 4.85. The molecule has 0 saturated carbocycles. The van der Waals surface area contributed by atoms with E-state index in [1.165, 1.54) is 11.3 Å². The van der Waals surface area contributed by atoms with Crippen LogP contribution < -0.4 is 11.1 Å². The van der Waals surface area contributed by atoms with Crippen LogP contribution in [0.15, 0.2) is 42.7 Å². The Labute approximate surface area is 142 Å². The van der Waals surface area contributed by atoms with Crippen LogP contribution in [0.1, 0.15) is 15.2 Å². The molecule has 3 aromatic rings. The van der Waals surface area contributed by atoms with Crippen molar-refractivity contribution in [3.8, 4) is 11.3 Å². The van der Waals surface area contributed by atoms with Crippen molar-refractivity contribution in [2.24, 2.45) is 5.73 Å². The standard InChI is InChI=1S/C16H13ClN4OS/c1-9-3-2-4-11(17)12(9)13-14(15(18)22)23-16(21-13)20-10-5-7-19-8-6-10/h2-8H,1H3,(H2,18,22)(H,19,20,21). The summed E-state index contributed by atoms with van der Waals surface area (Å²) in [5.74, 6) is -0.528. The minimum atomic E-state index is -0.528. The number of hydrogen-bond acceptors (Lipinski definition) is 5. The molecule has 116 valence electrons. The summed E-state index contributed by atoms with van der Waals surface area (Å²) >= 11 is 7.49. The average molecular weight is 345 g/mol. The lowest BCUT2D eigenvalue weighted by molar-refractivity contribution is 0.100. The monoisotopic (exact) mass is 344 g/mol. The maximum absolute atomic E-state index is 11.8. The lowest BCUT2D eigenvalue weighted by Gasteiger charge is -2.06. The number of benzene rings is 1. The van der Waals surface area contributed by atoms with E-state index in [0.29, 0.717) is 20.7 Å². The summed E-state index contributed by atoms with van der Waals surface area (Å²) in [6.07, 6.45) is 3.34. The van der Waals surface area contributed by atoms with Gasteiger partial charge in [-0.25, -0.2) is 4.98 Å². The molecule has 1 aromatic carbocycles. The van der Waals surface area contributed by atoms with Crippen LogP contribution in [0.5, 0.6) is 0 Å². The zero-order valence-electron chi connectivity index (χ0n) is 12.2. The van der Waals surface area contributed by atoms with E-state index in [0.717, 1.165) is 16.8 Å². The zero-order chi connectivity index (χ0) is 16.4. The van der Waals surface area contributed by atoms with Gasteiger partial charge in [0.15, 0.2) is 5.13 Å². The normalized spacial score (nSPS) is 10.5. The summed E-state index contributed by atoms with van der Waals surface area (Å²) in [5, 5.41) is 4.25. The number of aryl methyl sites for hydroxylation is 1. The lowest BCUT2D eigenvalue weighted by Crippen LogP contribution is -2.10. The molecule has 0 unspecified atom stereocenters. The molecule has 0 aliphatic rings. The number of rotatable bonds is 4. The largest absolute Gasteiger partial charge is 0.365 e. The molecule has 0 atom stereocenters. The molecule has 0 bridgehead atoms. The molecule has 3 rings (SSSR count). The molecule has 0 radical (unpaired) electrons. The predicted octanol–water partition coefficient (Wildman–Crippen LogP) is 4.01. The van der Waals surface area contributed by atoms with Crippen LogP contribution in [0, 0.1) is 6.92 Å². The molecule has 0 saturated heterocycles. The average Bonchev–Trinajstić information content (AvgIpc) is 2.92. The van der Waals surface area contributed by atoms with Gasteiger partial charge in [0.1, 0.15) is 4.88 Å². The summed E-state index contributed by atoms with van der Waals surface area (Å²) in [6.45, 7) is 1.92. The number of nitrogens with zero attached hydrogens (tertiary/aromatic N) is 2. The van der Waals surface area contributed by atoms with Crippen molar-refractivity contribution in [1.82, 2.24) is 9.97 Å². The van der Waals surface area contributed by atoms with Crippen molar-refractivity contribution in [1.29, 1.82) is 0 Å². The number of nitrogens with one attached hydrogen (secondary N) is 1. The lowest BCUT2D eigenvalue weighted by atomic mass is 10.0. The van der Waals surface area contributed by atoms with Crippen LogP contribution in [-0.4, -0.2) is 15.9 Å². The van der Waals surface area contributed by atoms with Gasteiger partial charge in [-0.15, -0.1) is 0 Å². The Kier molecular flexibility index (Phi) is 4.27. The second-order valence-corrected chi connectivity index (χ2v) is 6.26. The maximum Gasteiger partial charge on any atom is 0.261 e. The molecule has 7 heteroatoms. The number of nitrogens with two attached hydrogens (primary N) is 1. The summed E-state index contributed by atoms with van der Waals surface area (Å²) in [6, 6.07) is 9.16. The number of carbonyl (C=O) groups excluding carboxylic acids is 1. The Bertz CT molecular complexity index is 844. The molecule has 23 heavy (non-hydrogen) atoms. The van der Waals surface area contributed by atoms with Gasteiger partial charge in [0.25, 0.3) is 5.91 Å². The van der Waals surface area contributed by atoms with E-state index in [1.54, 1.807) is 18.5 Å². The number of aromatic nitrogens is 2. The summed E-state index contributed by atoms with van der Waals surface area (Å²) in [4.78, 5) is 20.6. The Morgan fingerprint density at radius 3 is 2.65 bits per heavy atom. The molecule has 0 aliphatic carbocycles. The van der Waals surface area contributed by atoms with E-state index in [4.69, 9.17) is 17.3 Å². The predicted molar refractivity (Wildman–Crippen MR) is 93.3 cm³/mol. The molecule has 2 aromatic heterocycles. The van der Waals surface area contributed by atoms with Gasteiger partial charge in [-0.05, 0) is 30.7 Å². The molecule has 1 amide bonds. The summed E-state index contributed by atoms with van der Waals surface area (Å²) in [7, 11) is 0. The zero-order valence-corrected chi connectivity index (χ0v) is 13.8. The molecule has 0 spiro atoms. The first-order valence-electron chi connectivity index (χ1n) is 6.79. The molecule has 5 nitrogen and oxygen atoms in total. The molecule has 0 aliphatic heterocycles. The van der Waals surface area contributed by atoms with Gasteiger partial charge in [0, 0.05) is 23.6 Å². The number of anilines is 2. The molecule has 3 N–H and O–H groups in total. The van der Waals surface area contributed by atoms with Crippen LogP contribution in [0.25, 0.3) is 11.3 Å². The summed E-state index contributed by atoms with van der Waals surface area (Å²) < 4.78 is 0. The van der Waals surface area contributed by atoms with Crippen LogP contribution in [-0.2, 0) is 0 Å². The van der Waals surface area contributed by atoms with Crippen LogP contribution in [0.4, 0.5) is 10.8 Å². The Morgan fingerprint density at radius 1 is 1.26 bits per heavy atom. The first kappa shape index (κ1) is 15.5. The third-order valence-corrected chi connectivity index (χ3v) is 4.54. The number of primary amides is 1. The van der Waals surface area contributed by atoms with Crippen molar-refractivity contribution >= 4 is 39.7 Å². The van der Waals surface area contributed by atoms with Crippen molar-refractivity contribution < 1.29 is 4.79 Å². The smallest absolute Gasteiger partial charge is 0.261 e. The third kappa shape index (κ3) is 3.18. The topological polar surface area (TPSA) is 80.9 Å². The second kappa shape index (κ2) is 6.36. The molecule has 2 heterocycles. The van der Waals surface area contributed by atoms with Crippen LogP contribution in [0.3, 0.4) is 0 Å². The van der Waals surface area contributed by atoms with Gasteiger partial charge < -0.3 is 11.1 Å². The van der Waals surface area contributed by atoms with E-state index >= 15 is 0 Å². The maximum atomic E-state index is 11.8. The minimum absolute atomic E-state index is 0.373. The van der Waals surface area contributed by atoms with E-state index in [1.807, 2.05) is 31.2 Å². The van der Waals surface area contributed by atoms with Gasteiger partial charge >= 0.3 is 0 Å². The highest BCUT2D eigenvalue weighted by molar-refractivity contribution is 7.18. The first-order valence-corrected chi connectivity index (χ1v) is 7.99. The number of thiazole rings is 1. The van der Waals surface area contributed by atoms with Gasteiger partial charge in [-0.3, -0.25) is 9.78 Å². The van der Waals surface area contributed by atoms with Crippen molar-refractivity contribution in [3.63, 3.8) is 0 Å². The SMILES string of the molecule is Cc1cccc(Cl)c1-c1nc(Nc2ccncc2)sc1C(N)=O. The van der Waals surface area contributed by atoms with Crippen LogP contribution in [0.2, 0.25) is 5.02 Å². The quantitative estimate of drug-likeness (QED) is 0.749. The Hall–Kier alpha value is -2.44. The van der Waals surface area contributed by atoms with Crippen molar-refractivity contribution in [2.45, 2.75) is 6.92 Å². The number of pyridine rings is 1. The van der Waals surface area contributed by atoms with Crippen molar-refractivity contribution in [2.75, 3.05) is 5.32 Å². The van der Waals surface area contributed by atoms with Gasteiger partial charge in [0.05, 0.1) is 10.7 Å². The van der Waals surface area contributed by atoms with Gasteiger partial charge in [-0.2, -0.15) is 0 Å². The molecular weight excluding hydrogens is 332 g/mol. The van der Waals surface area contributed by atoms with E-state index < -0.39 is 5.91 Å². The van der Waals surface area contributed by atoms with Gasteiger partial charge in [0.2, 0.25) is 0 Å². The highest BCUT2D eigenvalue weighted by atomic mass is 35.5. The Balaban J connectivity index is 2.08. The molecular formula is C16H13ClN4OS. The summed E-state index contributed by atoms with van der Waals surface area (Å²) in [5.41, 5.74) is 8.49. The highest BCUT2D eigenvalue weighted by Gasteiger charge is 2.20. The highest BCUT2D eigenvalue weighted by Crippen LogP contribution is 2.37. The fraction of sp³-hybridized carbons (Fsp3) is 0.0625. The van der Waals surface area contributed by atoms with E-state index in [-0.39, 0.29) is 0 Å². The van der Waals surface area contributed by atoms with E-state index in [2.05, 4.69) is 15.3 Å². The fourth-order valence-corrected chi connectivity index (χ4v) is 3.36. The number of carbonyl (C=O) groups is 1. The number of hydrogen-bond donors (Lipinski definition) is 2. The first-order chi connectivity index (χ1) is 11.1. The van der Waals surface area contributed by atoms with Crippen molar-refractivity contribution in [3.05, 3.63) is 58.2 Å². The van der Waals surface area contributed by atoms with Crippen LogP contribution >= 0.6 is 22.9 Å². The fourth-order valence-electron chi connectivity index (χ4n) is 2.20. The third-order valence-electron chi connectivity index (χ3n) is 3.24.